The van der Waals surface area contributed by atoms with Gasteiger partial charge in [0.2, 0.25) is 5.13 Å². The lowest BCUT2D eigenvalue weighted by Gasteiger charge is -2.18. The van der Waals surface area contributed by atoms with Crippen molar-refractivity contribution in [1.29, 1.82) is 0 Å². The number of aromatic nitrogens is 2. The topological polar surface area (TPSA) is 54.9 Å². The second-order valence-corrected chi connectivity index (χ2v) is 7.39. The Labute approximate surface area is 129 Å². The normalized spacial score (nSPS) is 11.7. The molecule has 2 rings (SSSR count). The second-order valence-electron chi connectivity index (χ2n) is 6.38. The zero-order valence-electron chi connectivity index (χ0n) is 13.1. The summed E-state index contributed by atoms with van der Waals surface area (Å²) in [5, 5.41) is 12.3. The average Bonchev–Trinajstić information content (AvgIpc) is 2.86. The van der Waals surface area contributed by atoms with Crippen molar-refractivity contribution >= 4 is 22.4 Å². The Hall–Kier alpha value is -1.75. The molecule has 4 nitrogen and oxygen atoms in total. The molecule has 0 atom stereocenters. The SMILES string of the molecule is CC(C)c1nnc(NC(=O)c2ccc(C(C)(C)C)cc2)s1. The minimum Gasteiger partial charge on any atom is -0.296 e. The minimum atomic E-state index is -0.151. The molecule has 0 bridgehead atoms. The summed E-state index contributed by atoms with van der Waals surface area (Å²) in [6, 6.07) is 7.68. The Morgan fingerprint density at radius 1 is 1.14 bits per heavy atom. The standard InChI is InChI=1S/C16H21N3OS/c1-10(2)14-18-19-15(21-14)17-13(20)11-6-8-12(9-7-11)16(3,4)5/h6-10H,1-5H3,(H,17,19,20). The van der Waals surface area contributed by atoms with Gasteiger partial charge in [-0.25, -0.2) is 0 Å². The van der Waals surface area contributed by atoms with Gasteiger partial charge in [0, 0.05) is 11.5 Å². The van der Waals surface area contributed by atoms with E-state index in [1.807, 2.05) is 24.3 Å². The maximum Gasteiger partial charge on any atom is 0.257 e. The Morgan fingerprint density at radius 3 is 2.24 bits per heavy atom. The third-order valence-electron chi connectivity index (χ3n) is 3.17. The molecule has 0 spiro atoms. The predicted molar refractivity (Wildman–Crippen MR) is 87.1 cm³/mol. The van der Waals surface area contributed by atoms with E-state index in [0.29, 0.717) is 16.6 Å². The molecule has 5 heteroatoms. The quantitative estimate of drug-likeness (QED) is 0.924. The fourth-order valence-electron chi connectivity index (χ4n) is 1.81. The number of carbonyl (C=O) groups is 1. The van der Waals surface area contributed by atoms with Crippen molar-refractivity contribution in [3.63, 3.8) is 0 Å². The monoisotopic (exact) mass is 303 g/mol. The van der Waals surface area contributed by atoms with Crippen LogP contribution in [-0.4, -0.2) is 16.1 Å². The van der Waals surface area contributed by atoms with E-state index in [2.05, 4.69) is 50.1 Å². The van der Waals surface area contributed by atoms with Gasteiger partial charge in [-0.2, -0.15) is 0 Å². The predicted octanol–water partition coefficient (Wildman–Crippen LogP) is 4.21. The van der Waals surface area contributed by atoms with Gasteiger partial charge in [-0.1, -0.05) is 58.1 Å². The molecule has 0 fully saturated rings. The average molecular weight is 303 g/mol. The van der Waals surface area contributed by atoms with Gasteiger partial charge in [-0.15, -0.1) is 10.2 Å². The molecule has 1 aromatic carbocycles. The summed E-state index contributed by atoms with van der Waals surface area (Å²) < 4.78 is 0. The van der Waals surface area contributed by atoms with Crippen LogP contribution in [0, 0.1) is 0 Å². The summed E-state index contributed by atoms with van der Waals surface area (Å²) in [5.41, 5.74) is 1.92. The van der Waals surface area contributed by atoms with Gasteiger partial charge >= 0.3 is 0 Å². The first kappa shape index (κ1) is 15.6. The van der Waals surface area contributed by atoms with Crippen LogP contribution in [0.2, 0.25) is 0 Å². The van der Waals surface area contributed by atoms with E-state index in [1.54, 1.807) is 0 Å². The Morgan fingerprint density at radius 2 is 1.76 bits per heavy atom. The summed E-state index contributed by atoms with van der Waals surface area (Å²) >= 11 is 1.42. The summed E-state index contributed by atoms with van der Waals surface area (Å²) in [6.45, 7) is 10.6. The van der Waals surface area contributed by atoms with E-state index in [0.717, 1.165) is 5.01 Å². The van der Waals surface area contributed by atoms with Crippen LogP contribution in [0.15, 0.2) is 24.3 Å². The van der Waals surface area contributed by atoms with E-state index >= 15 is 0 Å². The van der Waals surface area contributed by atoms with Crippen LogP contribution >= 0.6 is 11.3 Å². The van der Waals surface area contributed by atoms with Crippen molar-refractivity contribution in [2.75, 3.05) is 5.32 Å². The van der Waals surface area contributed by atoms with Crippen LogP contribution in [0.3, 0.4) is 0 Å². The number of amides is 1. The maximum atomic E-state index is 12.2. The second kappa shape index (κ2) is 5.93. The Balaban J connectivity index is 2.09. The minimum absolute atomic E-state index is 0.0837. The first-order valence-electron chi connectivity index (χ1n) is 7.02. The lowest BCUT2D eigenvalue weighted by molar-refractivity contribution is 0.102. The molecule has 0 aliphatic rings. The highest BCUT2D eigenvalue weighted by atomic mass is 32.1. The molecule has 0 saturated heterocycles. The summed E-state index contributed by atoms with van der Waals surface area (Å²) in [4.78, 5) is 12.2. The van der Waals surface area contributed by atoms with Gasteiger partial charge in [-0.05, 0) is 23.1 Å². The van der Waals surface area contributed by atoms with Gasteiger partial charge < -0.3 is 0 Å². The van der Waals surface area contributed by atoms with Gasteiger partial charge in [0.15, 0.2) is 0 Å². The van der Waals surface area contributed by atoms with Crippen molar-refractivity contribution in [2.45, 2.75) is 46.0 Å². The fourth-order valence-corrected chi connectivity index (χ4v) is 2.55. The van der Waals surface area contributed by atoms with Gasteiger partial charge in [0.05, 0.1) is 0 Å². The summed E-state index contributed by atoms with van der Waals surface area (Å²) in [5.74, 6) is 0.168. The van der Waals surface area contributed by atoms with Crippen LogP contribution < -0.4 is 5.32 Å². The van der Waals surface area contributed by atoms with E-state index < -0.39 is 0 Å². The molecular formula is C16H21N3OS. The molecule has 0 aliphatic heterocycles. The van der Waals surface area contributed by atoms with E-state index in [9.17, 15) is 4.79 Å². The highest BCUT2D eigenvalue weighted by Gasteiger charge is 2.15. The molecule has 0 aliphatic carbocycles. The first-order valence-corrected chi connectivity index (χ1v) is 7.84. The molecule has 112 valence electrons. The van der Waals surface area contributed by atoms with Crippen LogP contribution in [0.25, 0.3) is 0 Å². The molecule has 1 aromatic heterocycles. The van der Waals surface area contributed by atoms with Gasteiger partial charge in [0.1, 0.15) is 5.01 Å². The number of hydrogen-bond donors (Lipinski definition) is 1. The molecule has 0 radical (unpaired) electrons. The van der Waals surface area contributed by atoms with Gasteiger partial charge in [-0.3, -0.25) is 10.1 Å². The molecule has 1 N–H and O–H groups in total. The lowest BCUT2D eigenvalue weighted by atomic mass is 9.87. The highest BCUT2D eigenvalue weighted by Crippen LogP contribution is 2.24. The van der Waals surface area contributed by atoms with Crippen LogP contribution in [-0.2, 0) is 5.41 Å². The number of anilines is 1. The molecule has 1 amide bonds. The third kappa shape index (κ3) is 3.88. The molecule has 1 heterocycles. The highest BCUT2D eigenvalue weighted by molar-refractivity contribution is 7.15. The summed E-state index contributed by atoms with van der Waals surface area (Å²) in [7, 11) is 0. The number of rotatable bonds is 3. The Bertz CT molecular complexity index is 624. The molecule has 0 saturated carbocycles. The zero-order valence-corrected chi connectivity index (χ0v) is 13.9. The maximum absolute atomic E-state index is 12.2. The number of carbonyl (C=O) groups excluding carboxylic acids is 1. The number of nitrogens with one attached hydrogen (secondary N) is 1. The van der Waals surface area contributed by atoms with Crippen molar-refractivity contribution in [3.05, 3.63) is 40.4 Å². The van der Waals surface area contributed by atoms with E-state index in [4.69, 9.17) is 0 Å². The Kier molecular flexibility index (Phi) is 4.42. The van der Waals surface area contributed by atoms with Crippen molar-refractivity contribution < 1.29 is 4.79 Å². The molecular weight excluding hydrogens is 282 g/mol. The number of hydrogen-bond acceptors (Lipinski definition) is 4. The summed E-state index contributed by atoms with van der Waals surface area (Å²) in [6.07, 6.45) is 0. The molecule has 21 heavy (non-hydrogen) atoms. The molecule has 2 aromatic rings. The first-order chi connectivity index (χ1) is 9.77. The van der Waals surface area contributed by atoms with Crippen LogP contribution in [0.4, 0.5) is 5.13 Å². The van der Waals surface area contributed by atoms with E-state index in [1.165, 1.54) is 16.9 Å². The van der Waals surface area contributed by atoms with E-state index in [-0.39, 0.29) is 11.3 Å². The van der Waals surface area contributed by atoms with Gasteiger partial charge in [0.25, 0.3) is 5.91 Å². The number of nitrogens with zero attached hydrogens (tertiary/aromatic N) is 2. The number of benzene rings is 1. The van der Waals surface area contributed by atoms with Crippen LogP contribution in [0.5, 0.6) is 0 Å². The lowest BCUT2D eigenvalue weighted by Crippen LogP contribution is -2.14. The van der Waals surface area contributed by atoms with Crippen molar-refractivity contribution in [3.8, 4) is 0 Å². The fraction of sp³-hybridized carbons (Fsp3) is 0.438. The van der Waals surface area contributed by atoms with Crippen LogP contribution in [0.1, 0.15) is 61.5 Å². The molecule has 0 unspecified atom stereocenters. The zero-order chi connectivity index (χ0) is 15.6. The largest absolute Gasteiger partial charge is 0.296 e. The van der Waals surface area contributed by atoms with Crippen molar-refractivity contribution in [1.82, 2.24) is 10.2 Å². The smallest absolute Gasteiger partial charge is 0.257 e. The van der Waals surface area contributed by atoms with Crippen molar-refractivity contribution in [2.24, 2.45) is 0 Å². The third-order valence-corrected chi connectivity index (χ3v) is 4.31.